The van der Waals surface area contributed by atoms with Gasteiger partial charge in [-0.25, -0.2) is 0 Å². The van der Waals surface area contributed by atoms with Crippen molar-refractivity contribution in [2.24, 2.45) is 0 Å². The van der Waals surface area contributed by atoms with Crippen LogP contribution in [-0.2, 0) is 45.3 Å². The number of hydrogen-bond acceptors (Lipinski definition) is 2. The molecule has 0 spiro atoms. The molecule has 4 aliphatic rings. The fourth-order valence-corrected chi connectivity index (χ4v) is 5.30. The van der Waals surface area contributed by atoms with Gasteiger partial charge < -0.3 is 10.2 Å². The predicted molar refractivity (Wildman–Crippen MR) is 169 cm³/mol. The van der Waals surface area contributed by atoms with E-state index in [-0.39, 0.29) is 34.1 Å². The van der Waals surface area contributed by atoms with Crippen LogP contribution in [0.15, 0.2) is 91.0 Å². The summed E-state index contributed by atoms with van der Waals surface area (Å²) in [6, 6.07) is 28.9. The van der Waals surface area contributed by atoms with Gasteiger partial charge in [-0.1, -0.05) is 91.0 Å². The normalized spacial score (nSPS) is 20.3. The van der Waals surface area contributed by atoms with E-state index in [9.17, 15) is 10.2 Å². The number of aliphatic hydroxyl groups is 2. The second-order valence-electron chi connectivity index (χ2n) is 9.97. The van der Waals surface area contributed by atoms with Crippen LogP contribution in [0.4, 0.5) is 0 Å². The van der Waals surface area contributed by atoms with Crippen LogP contribution in [0, 0.1) is 127 Å². The van der Waals surface area contributed by atoms with E-state index < -0.39 is 11.2 Å². The second kappa shape index (κ2) is 18.7. The first-order valence-electron chi connectivity index (χ1n) is 14.1. The third kappa shape index (κ3) is 8.70. The molecule has 20 radical (unpaired) electrons. The Hall–Kier alpha value is -1.38. The molecule has 0 aromatic heterocycles. The minimum atomic E-state index is -1.43. The molecule has 4 heteroatoms. The first-order valence-corrected chi connectivity index (χ1v) is 14.1. The molecular formula is C40H34Fe2O2+4. The summed E-state index contributed by atoms with van der Waals surface area (Å²) in [6.07, 6.45) is 33.4. The topological polar surface area (TPSA) is 40.5 Å². The molecule has 4 saturated carbocycles. The zero-order chi connectivity index (χ0) is 29.1. The first kappa shape index (κ1) is 37.1. The Morgan fingerprint density at radius 1 is 0.318 bits per heavy atom. The molecule has 0 heterocycles. The van der Waals surface area contributed by atoms with Crippen molar-refractivity contribution in [1.82, 2.24) is 0 Å². The monoisotopic (exact) mass is 658 g/mol. The zero-order valence-electron chi connectivity index (χ0n) is 24.1. The van der Waals surface area contributed by atoms with Gasteiger partial charge in [-0.05, 0) is 126 Å². The van der Waals surface area contributed by atoms with Gasteiger partial charge in [0.1, 0.15) is 11.2 Å². The smallest absolute Gasteiger partial charge is 0.384 e. The summed E-state index contributed by atoms with van der Waals surface area (Å²) in [6.45, 7) is 0. The largest absolute Gasteiger partial charge is 2.00 e. The average molecular weight is 658 g/mol. The van der Waals surface area contributed by atoms with Crippen molar-refractivity contribution in [2.45, 2.75) is 11.2 Å². The van der Waals surface area contributed by atoms with Crippen molar-refractivity contribution >= 4 is 0 Å². The van der Waals surface area contributed by atoms with Crippen molar-refractivity contribution in [3.8, 4) is 0 Å². The third-order valence-electron chi connectivity index (χ3n) is 7.36. The predicted octanol–water partition coefficient (Wildman–Crippen LogP) is 7.03. The summed E-state index contributed by atoms with van der Waals surface area (Å²) in [5, 5.41) is 24.7. The standard InChI is InChI=1S/C30H24O2.2C5H5.2Fe/c31-29(23-13-4-1-5-14-23,24-15-6-2-7-16-24)27-21-12-22-28(27)30(32,26-19-10-11-20-26)25-17-8-3-9-18-25;2*1-2-4-5-3-1;;/h1-22,31-32H;2*1-5H;;/q;;;2*+2/t30-;;;;/m0..../s1. The molecular weight excluding hydrogens is 624 g/mol. The van der Waals surface area contributed by atoms with Gasteiger partial charge >= 0.3 is 34.1 Å². The minimum Gasteiger partial charge on any atom is -0.384 e. The average Bonchev–Trinajstić information content (AvgIpc) is 3.90. The fourth-order valence-electron chi connectivity index (χ4n) is 5.30. The summed E-state index contributed by atoms with van der Waals surface area (Å²) < 4.78 is 0. The molecule has 0 saturated heterocycles. The Balaban J connectivity index is 0.000000374. The van der Waals surface area contributed by atoms with Crippen LogP contribution >= 0.6 is 0 Å². The summed E-state index contributed by atoms with van der Waals surface area (Å²) in [4.78, 5) is 0. The van der Waals surface area contributed by atoms with Gasteiger partial charge in [-0.2, -0.15) is 0 Å². The summed E-state index contributed by atoms with van der Waals surface area (Å²) in [5.74, 6) is 2.08. The molecule has 7 rings (SSSR count). The maximum Gasteiger partial charge on any atom is 2.00 e. The van der Waals surface area contributed by atoms with E-state index >= 15 is 0 Å². The Morgan fingerprint density at radius 2 is 0.614 bits per heavy atom. The SMILES string of the molecule is OC([C]1[CH][CH][CH][C]1[C@@](O)([C]1[CH][CH][CH][CH]1)c1ccccc1)(c1ccccc1)c1ccccc1.[CH]1[CH][CH][CH][CH]1.[CH]1[CH][CH][CH][CH]1.[Fe+2].[Fe+2]. The quantitative estimate of drug-likeness (QED) is 0.280. The summed E-state index contributed by atoms with van der Waals surface area (Å²) in [7, 11) is 0. The number of hydrogen-bond donors (Lipinski definition) is 2. The van der Waals surface area contributed by atoms with Gasteiger partial charge in [-0.15, -0.1) is 0 Å². The van der Waals surface area contributed by atoms with Gasteiger partial charge in [0, 0.05) is 17.8 Å². The van der Waals surface area contributed by atoms with Crippen LogP contribution in [0.25, 0.3) is 0 Å². The molecule has 3 aromatic rings. The molecule has 4 aliphatic carbocycles. The van der Waals surface area contributed by atoms with Crippen LogP contribution in [0.2, 0.25) is 0 Å². The minimum absolute atomic E-state index is 0. The molecule has 2 N–H and O–H groups in total. The molecule has 2 nitrogen and oxygen atoms in total. The van der Waals surface area contributed by atoms with Crippen molar-refractivity contribution in [1.29, 1.82) is 0 Å². The van der Waals surface area contributed by atoms with Crippen molar-refractivity contribution in [3.05, 3.63) is 235 Å². The van der Waals surface area contributed by atoms with Gasteiger partial charge in [0.2, 0.25) is 0 Å². The molecule has 0 aliphatic heterocycles. The van der Waals surface area contributed by atoms with E-state index in [2.05, 4.69) is 0 Å². The molecule has 0 amide bonds. The van der Waals surface area contributed by atoms with E-state index in [4.69, 9.17) is 0 Å². The van der Waals surface area contributed by atoms with E-state index in [1.54, 1.807) is 0 Å². The van der Waals surface area contributed by atoms with Crippen LogP contribution in [0.1, 0.15) is 16.7 Å². The van der Waals surface area contributed by atoms with Crippen LogP contribution in [0.3, 0.4) is 0 Å². The Labute approximate surface area is 288 Å². The number of rotatable bonds is 6. The first-order chi connectivity index (χ1) is 20.6. The molecule has 1 atom stereocenters. The van der Waals surface area contributed by atoms with Gasteiger partial charge in [0.25, 0.3) is 0 Å². The van der Waals surface area contributed by atoms with Crippen molar-refractivity contribution < 1.29 is 44.4 Å². The van der Waals surface area contributed by atoms with Crippen molar-refractivity contribution in [2.75, 3.05) is 0 Å². The van der Waals surface area contributed by atoms with Crippen LogP contribution in [0.5, 0.6) is 0 Å². The fraction of sp³-hybridized carbons (Fsp3) is 0.0500. The molecule has 218 valence electrons. The second-order valence-corrected chi connectivity index (χ2v) is 9.97. The van der Waals surface area contributed by atoms with E-state index in [0.29, 0.717) is 11.8 Å². The van der Waals surface area contributed by atoms with Crippen LogP contribution in [-0.4, -0.2) is 10.2 Å². The van der Waals surface area contributed by atoms with Crippen LogP contribution < -0.4 is 0 Å². The van der Waals surface area contributed by atoms with E-state index in [1.807, 2.05) is 200 Å². The summed E-state index contributed by atoms with van der Waals surface area (Å²) >= 11 is 0. The van der Waals surface area contributed by atoms with E-state index in [1.165, 1.54) is 0 Å². The van der Waals surface area contributed by atoms with Gasteiger partial charge in [0.05, 0.1) is 0 Å². The van der Waals surface area contributed by atoms with Gasteiger partial charge in [0.15, 0.2) is 0 Å². The maximum absolute atomic E-state index is 12.4. The summed E-state index contributed by atoms with van der Waals surface area (Å²) in [5.41, 5.74) is -0.604. The molecule has 4 fully saturated rings. The Morgan fingerprint density at radius 3 is 0.955 bits per heavy atom. The zero-order valence-corrected chi connectivity index (χ0v) is 26.3. The molecule has 3 aromatic carbocycles. The molecule has 0 unspecified atom stereocenters. The Bertz CT molecular complexity index is 1090. The van der Waals surface area contributed by atoms with E-state index in [0.717, 1.165) is 22.6 Å². The van der Waals surface area contributed by atoms with Crippen molar-refractivity contribution in [3.63, 3.8) is 0 Å². The maximum atomic E-state index is 12.4. The Kier molecular flexibility index (Phi) is 15.7. The third-order valence-corrected chi connectivity index (χ3v) is 7.36. The molecule has 0 bridgehead atoms. The van der Waals surface area contributed by atoms with Gasteiger partial charge in [-0.3, -0.25) is 0 Å². The number of benzene rings is 3. The molecule has 44 heavy (non-hydrogen) atoms.